The maximum absolute atomic E-state index is 11.3. The Hall–Kier alpha value is -1.14. The number of amides is 3. The van der Waals surface area contributed by atoms with E-state index in [1.807, 2.05) is 0 Å². The number of nitrogens with zero attached hydrogens (tertiary/aromatic N) is 1. The molecule has 0 aromatic heterocycles. The predicted octanol–water partition coefficient (Wildman–Crippen LogP) is -1.13. The van der Waals surface area contributed by atoms with Gasteiger partial charge in [0, 0.05) is 19.1 Å². The predicted molar refractivity (Wildman–Crippen MR) is 56.2 cm³/mol. The summed E-state index contributed by atoms with van der Waals surface area (Å²) >= 11 is 0. The Morgan fingerprint density at radius 1 is 1.53 bits per heavy atom. The van der Waals surface area contributed by atoms with E-state index < -0.39 is 6.03 Å². The summed E-state index contributed by atoms with van der Waals surface area (Å²) in [5.74, 6) is -0.331. The topological polar surface area (TPSA) is 87.5 Å². The van der Waals surface area contributed by atoms with Crippen LogP contribution in [0, 0.1) is 0 Å². The highest BCUT2D eigenvalue weighted by Gasteiger charge is 2.25. The van der Waals surface area contributed by atoms with Gasteiger partial charge in [-0.25, -0.2) is 4.79 Å². The van der Waals surface area contributed by atoms with Crippen molar-refractivity contribution >= 4 is 11.9 Å². The number of rotatable bonds is 5. The molecule has 0 bridgehead atoms. The molecule has 4 N–H and O–H groups in total. The minimum Gasteiger partial charge on any atom is -0.351 e. The van der Waals surface area contributed by atoms with Gasteiger partial charge in [-0.15, -0.1) is 0 Å². The van der Waals surface area contributed by atoms with Crippen LogP contribution in [0.5, 0.6) is 0 Å². The van der Waals surface area contributed by atoms with Crippen molar-refractivity contribution in [2.45, 2.75) is 19.4 Å². The quantitative estimate of drug-likeness (QED) is 0.540. The molecule has 6 heteroatoms. The molecule has 86 valence electrons. The number of carbonyl (C=O) groups is 2. The highest BCUT2D eigenvalue weighted by atomic mass is 16.2. The van der Waals surface area contributed by atoms with E-state index in [0.29, 0.717) is 6.04 Å². The molecular formula is C9H18N4O2. The largest absolute Gasteiger partial charge is 0.351 e. The lowest BCUT2D eigenvalue weighted by atomic mass is 10.1. The summed E-state index contributed by atoms with van der Waals surface area (Å²) in [6.07, 6.45) is 0.986. The van der Waals surface area contributed by atoms with Crippen LogP contribution in [0.15, 0.2) is 0 Å². The molecule has 6 nitrogen and oxygen atoms in total. The van der Waals surface area contributed by atoms with Crippen molar-refractivity contribution < 1.29 is 9.59 Å². The molecule has 1 fully saturated rings. The average molecular weight is 214 g/mol. The fraction of sp³-hybridized carbons (Fsp3) is 0.778. The molecule has 0 radical (unpaired) electrons. The molecule has 0 unspecified atom stereocenters. The summed E-state index contributed by atoms with van der Waals surface area (Å²) in [6.45, 7) is 4.97. The monoisotopic (exact) mass is 214 g/mol. The number of hydrogen-bond acceptors (Lipinski definition) is 4. The third kappa shape index (κ3) is 3.85. The van der Waals surface area contributed by atoms with Crippen LogP contribution in [0.3, 0.4) is 0 Å². The molecule has 15 heavy (non-hydrogen) atoms. The van der Waals surface area contributed by atoms with Gasteiger partial charge in [0.2, 0.25) is 5.91 Å². The van der Waals surface area contributed by atoms with E-state index in [0.717, 1.165) is 26.1 Å². The van der Waals surface area contributed by atoms with Crippen molar-refractivity contribution in [1.82, 2.24) is 15.5 Å². The standard InChI is InChI=1S/C9H18N4O2/c1-2-3-13(7-4-11-5-7)6-8(14)12-9(10)15/h7,11H,2-6H2,1H3,(H3,10,12,14,15). The van der Waals surface area contributed by atoms with Gasteiger partial charge >= 0.3 is 6.03 Å². The van der Waals surface area contributed by atoms with Crippen LogP contribution in [0.2, 0.25) is 0 Å². The van der Waals surface area contributed by atoms with Crippen molar-refractivity contribution in [3.8, 4) is 0 Å². The molecule has 0 saturated carbocycles. The third-order valence-corrected chi connectivity index (χ3v) is 2.40. The van der Waals surface area contributed by atoms with E-state index in [2.05, 4.69) is 22.5 Å². The molecule has 3 amide bonds. The first-order valence-corrected chi connectivity index (χ1v) is 5.17. The van der Waals surface area contributed by atoms with Crippen LogP contribution in [0.4, 0.5) is 4.79 Å². The first kappa shape index (κ1) is 11.9. The molecule has 0 aliphatic carbocycles. The van der Waals surface area contributed by atoms with Crippen LogP contribution < -0.4 is 16.4 Å². The first-order valence-electron chi connectivity index (χ1n) is 5.17. The van der Waals surface area contributed by atoms with Crippen LogP contribution in [-0.2, 0) is 4.79 Å². The number of imide groups is 1. The van der Waals surface area contributed by atoms with Gasteiger partial charge in [-0.1, -0.05) is 6.92 Å². The van der Waals surface area contributed by atoms with E-state index in [1.54, 1.807) is 0 Å². The zero-order valence-corrected chi connectivity index (χ0v) is 8.95. The second kappa shape index (κ2) is 5.67. The minimum absolute atomic E-state index is 0.239. The summed E-state index contributed by atoms with van der Waals surface area (Å²) in [7, 11) is 0. The van der Waals surface area contributed by atoms with E-state index in [1.165, 1.54) is 0 Å². The highest BCUT2D eigenvalue weighted by Crippen LogP contribution is 2.05. The molecule has 0 aromatic carbocycles. The number of carbonyl (C=O) groups excluding carboxylic acids is 2. The van der Waals surface area contributed by atoms with Gasteiger partial charge in [-0.2, -0.15) is 0 Å². The van der Waals surface area contributed by atoms with Gasteiger partial charge in [0.15, 0.2) is 0 Å². The Labute approximate surface area is 89.2 Å². The SMILES string of the molecule is CCCN(CC(=O)NC(N)=O)C1CNC1. The summed E-state index contributed by atoms with van der Waals surface area (Å²) in [5.41, 5.74) is 4.86. The van der Waals surface area contributed by atoms with Gasteiger partial charge < -0.3 is 11.1 Å². The molecule has 1 saturated heterocycles. The number of urea groups is 1. The second-order valence-corrected chi connectivity index (χ2v) is 3.69. The lowest BCUT2D eigenvalue weighted by Gasteiger charge is -2.37. The molecule has 1 rings (SSSR count). The summed E-state index contributed by atoms with van der Waals surface area (Å²) in [6, 6.07) is -0.383. The van der Waals surface area contributed by atoms with Gasteiger partial charge in [0.1, 0.15) is 0 Å². The number of nitrogens with one attached hydrogen (secondary N) is 2. The molecule has 1 heterocycles. The molecule has 0 atom stereocenters. The smallest absolute Gasteiger partial charge is 0.318 e. The Balaban J connectivity index is 2.35. The average Bonchev–Trinajstić information content (AvgIpc) is 1.98. The molecule has 1 aliphatic heterocycles. The normalized spacial score (nSPS) is 16.1. The molecule has 0 spiro atoms. The van der Waals surface area contributed by atoms with Crippen molar-refractivity contribution in [2.75, 3.05) is 26.2 Å². The molecule has 0 aromatic rings. The zero-order valence-electron chi connectivity index (χ0n) is 8.95. The maximum atomic E-state index is 11.3. The minimum atomic E-state index is -0.789. The van der Waals surface area contributed by atoms with E-state index in [4.69, 9.17) is 5.73 Å². The van der Waals surface area contributed by atoms with E-state index >= 15 is 0 Å². The van der Waals surface area contributed by atoms with Gasteiger partial charge in [0.05, 0.1) is 6.54 Å². The van der Waals surface area contributed by atoms with Crippen LogP contribution in [0.1, 0.15) is 13.3 Å². The van der Waals surface area contributed by atoms with Crippen molar-refractivity contribution in [2.24, 2.45) is 5.73 Å². The van der Waals surface area contributed by atoms with E-state index in [-0.39, 0.29) is 12.5 Å². The fourth-order valence-corrected chi connectivity index (χ4v) is 1.57. The van der Waals surface area contributed by atoms with E-state index in [9.17, 15) is 9.59 Å². The van der Waals surface area contributed by atoms with Crippen LogP contribution >= 0.6 is 0 Å². The van der Waals surface area contributed by atoms with Crippen molar-refractivity contribution in [3.05, 3.63) is 0 Å². The first-order chi connectivity index (χ1) is 7.13. The zero-order chi connectivity index (χ0) is 11.3. The van der Waals surface area contributed by atoms with Gasteiger partial charge in [0.25, 0.3) is 0 Å². The Morgan fingerprint density at radius 2 is 2.20 bits per heavy atom. The highest BCUT2D eigenvalue weighted by molar-refractivity contribution is 5.94. The Bertz CT molecular complexity index is 240. The van der Waals surface area contributed by atoms with Gasteiger partial charge in [-0.3, -0.25) is 15.0 Å². The maximum Gasteiger partial charge on any atom is 0.318 e. The summed E-state index contributed by atoms with van der Waals surface area (Å²) in [4.78, 5) is 23.8. The lowest BCUT2D eigenvalue weighted by molar-refractivity contribution is -0.121. The van der Waals surface area contributed by atoms with Crippen LogP contribution in [0.25, 0.3) is 0 Å². The lowest BCUT2D eigenvalue weighted by Crippen LogP contribution is -2.59. The second-order valence-electron chi connectivity index (χ2n) is 3.69. The van der Waals surface area contributed by atoms with Gasteiger partial charge in [-0.05, 0) is 13.0 Å². The summed E-state index contributed by atoms with van der Waals surface area (Å²) in [5, 5.41) is 5.22. The van der Waals surface area contributed by atoms with Crippen molar-refractivity contribution in [3.63, 3.8) is 0 Å². The summed E-state index contributed by atoms with van der Waals surface area (Å²) < 4.78 is 0. The van der Waals surface area contributed by atoms with Crippen molar-refractivity contribution in [1.29, 1.82) is 0 Å². The fourth-order valence-electron chi connectivity index (χ4n) is 1.57. The Kier molecular flexibility index (Phi) is 4.51. The number of hydrogen-bond donors (Lipinski definition) is 3. The number of nitrogens with two attached hydrogens (primary N) is 1. The Morgan fingerprint density at radius 3 is 2.60 bits per heavy atom. The van der Waals surface area contributed by atoms with Crippen LogP contribution in [-0.4, -0.2) is 49.1 Å². The molecular weight excluding hydrogens is 196 g/mol. The molecule has 1 aliphatic rings. The number of primary amides is 1. The third-order valence-electron chi connectivity index (χ3n) is 2.40.